The van der Waals surface area contributed by atoms with Crippen molar-refractivity contribution in [3.8, 4) is 11.4 Å². The van der Waals surface area contributed by atoms with Crippen molar-refractivity contribution in [1.29, 1.82) is 0 Å². The molecule has 0 unspecified atom stereocenters. The molecule has 0 radical (unpaired) electrons. The molecule has 2 rings (SSSR count). The Morgan fingerprint density at radius 3 is 2.59 bits per heavy atom. The van der Waals surface area contributed by atoms with Crippen molar-refractivity contribution in [3.63, 3.8) is 0 Å². The van der Waals surface area contributed by atoms with Crippen LogP contribution < -0.4 is 11.3 Å². The number of hydrogen-bond acceptors (Lipinski definition) is 4. The molecule has 2 heterocycles. The summed E-state index contributed by atoms with van der Waals surface area (Å²) in [7, 11) is 0. The lowest BCUT2D eigenvalue weighted by Crippen LogP contribution is -2.19. The molecule has 0 spiro atoms. The molecule has 0 fully saturated rings. The third-order valence-electron chi connectivity index (χ3n) is 2.67. The second-order valence-electron chi connectivity index (χ2n) is 4.34. The number of hydrogen-bond donors (Lipinski definition) is 2. The van der Waals surface area contributed by atoms with Crippen LogP contribution in [0.25, 0.3) is 11.4 Å². The van der Waals surface area contributed by atoms with Crippen LogP contribution in [0.2, 0.25) is 0 Å². The van der Waals surface area contributed by atoms with Gasteiger partial charge >= 0.3 is 0 Å². The zero-order valence-corrected chi connectivity index (χ0v) is 10.9. The van der Waals surface area contributed by atoms with Gasteiger partial charge in [-0.05, 0) is 23.8 Å². The number of aryl methyl sites for hydroxylation is 1. The van der Waals surface area contributed by atoms with Gasteiger partial charge in [-0.3, -0.25) is 4.79 Å². The summed E-state index contributed by atoms with van der Waals surface area (Å²) in [6.07, 6.45) is 0. The first kappa shape index (κ1) is 11.9. The molecule has 3 N–H and O–H groups in total. The number of nitrogen functional groups attached to an aromatic ring is 1. The van der Waals surface area contributed by atoms with Gasteiger partial charge in [0.05, 0.1) is 5.56 Å². The highest BCUT2D eigenvalue weighted by Crippen LogP contribution is 2.25. The number of thiophene rings is 1. The molecule has 0 aromatic carbocycles. The molecule has 0 aliphatic rings. The van der Waals surface area contributed by atoms with Gasteiger partial charge < -0.3 is 10.7 Å². The molecule has 2 aromatic heterocycles. The van der Waals surface area contributed by atoms with E-state index in [0.29, 0.717) is 17.2 Å². The van der Waals surface area contributed by atoms with Crippen molar-refractivity contribution in [2.24, 2.45) is 0 Å². The molecule has 90 valence electrons. The van der Waals surface area contributed by atoms with Crippen molar-refractivity contribution < 1.29 is 0 Å². The number of H-pyrrole nitrogens is 1. The number of anilines is 1. The third-order valence-corrected chi connectivity index (χ3v) is 3.53. The Bertz CT molecular complexity index is 598. The van der Waals surface area contributed by atoms with Crippen LogP contribution >= 0.6 is 11.3 Å². The van der Waals surface area contributed by atoms with Gasteiger partial charge in [-0.2, -0.15) is 11.3 Å². The van der Waals surface area contributed by atoms with E-state index in [1.54, 1.807) is 11.3 Å². The Kier molecular flexibility index (Phi) is 3.02. The summed E-state index contributed by atoms with van der Waals surface area (Å²) in [5.41, 5.74) is 8.29. The highest BCUT2D eigenvalue weighted by molar-refractivity contribution is 7.08. The Balaban J connectivity index is 2.61. The monoisotopic (exact) mass is 249 g/mol. The zero-order chi connectivity index (χ0) is 12.6. The van der Waals surface area contributed by atoms with Crippen molar-refractivity contribution in [2.75, 3.05) is 5.73 Å². The minimum atomic E-state index is -0.145. The molecule has 0 aliphatic carbocycles. The maximum Gasteiger partial charge on any atom is 0.256 e. The zero-order valence-electron chi connectivity index (χ0n) is 10.1. The van der Waals surface area contributed by atoms with Gasteiger partial charge in [-0.15, -0.1) is 0 Å². The Morgan fingerprint density at radius 2 is 2.12 bits per heavy atom. The van der Waals surface area contributed by atoms with Crippen LogP contribution in [0.1, 0.15) is 30.9 Å². The molecule has 0 saturated carbocycles. The van der Waals surface area contributed by atoms with Crippen molar-refractivity contribution in [1.82, 2.24) is 9.97 Å². The predicted octanol–water partition coefficient (Wildman–Crippen LogP) is 2.51. The number of nitrogens with one attached hydrogen (secondary N) is 1. The van der Waals surface area contributed by atoms with E-state index in [-0.39, 0.29) is 11.5 Å². The van der Waals surface area contributed by atoms with E-state index in [9.17, 15) is 4.79 Å². The fourth-order valence-corrected chi connectivity index (χ4v) is 2.62. The first-order valence-corrected chi connectivity index (χ1v) is 6.37. The van der Waals surface area contributed by atoms with Gasteiger partial charge in [0.2, 0.25) is 0 Å². The largest absolute Gasteiger partial charge is 0.383 e. The molecule has 5 heteroatoms. The summed E-state index contributed by atoms with van der Waals surface area (Å²) in [5, 5.41) is 3.98. The maximum atomic E-state index is 11.9. The molecule has 4 nitrogen and oxygen atoms in total. The first-order chi connectivity index (χ1) is 8.00. The summed E-state index contributed by atoms with van der Waals surface area (Å²) in [6, 6.07) is 0. The number of nitrogens with zero attached hydrogens (tertiary/aromatic N) is 1. The maximum absolute atomic E-state index is 11.9. The molecule has 0 saturated heterocycles. The highest BCUT2D eigenvalue weighted by atomic mass is 32.1. The summed E-state index contributed by atoms with van der Waals surface area (Å²) in [4.78, 5) is 19.0. The lowest BCUT2D eigenvalue weighted by Gasteiger charge is -2.09. The molecule has 0 aliphatic heterocycles. The molecular weight excluding hydrogens is 234 g/mol. The van der Waals surface area contributed by atoms with Crippen LogP contribution in [0.15, 0.2) is 15.6 Å². The van der Waals surface area contributed by atoms with E-state index in [1.807, 2.05) is 31.5 Å². The Labute approximate surface area is 104 Å². The van der Waals surface area contributed by atoms with Crippen molar-refractivity contribution >= 4 is 17.2 Å². The second-order valence-corrected chi connectivity index (χ2v) is 5.08. The van der Waals surface area contributed by atoms with E-state index in [1.165, 1.54) is 0 Å². The normalized spacial score (nSPS) is 11.1. The predicted molar refractivity (Wildman–Crippen MR) is 71.4 cm³/mol. The van der Waals surface area contributed by atoms with E-state index >= 15 is 0 Å². The highest BCUT2D eigenvalue weighted by Gasteiger charge is 2.14. The van der Waals surface area contributed by atoms with E-state index in [2.05, 4.69) is 9.97 Å². The SMILES string of the molecule is Cc1cscc1-c1nc(N)c(C(C)C)c(=O)[nH]1. The Hall–Kier alpha value is -1.62. The second kappa shape index (κ2) is 4.33. The average molecular weight is 249 g/mol. The minimum Gasteiger partial charge on any atom is -0.383 e. The molecule has 0 amide bonds. The topological polar surface area (TPSA) is 71.8 Å². The van der Waals surface area contributed by atoms with Gasteiger partial charge in [0.15, 0.2) is 0 Å². The molecule has 2 aromatic rings. The van der Waals surface area contributed by atoms with Crippen LogP contribution in [0.4, 0.5) is 5.82 Å². The molecule has 0 atom stereocenters. The number of nitrogens with two attached hydrogens (primary N) is 1. The lowest BCUT2D eigenvalue weighted by molar-refractivity contribution is 0.837. The first-order valence-electron chi connectivity index (χ1n) is 5.43. The van der Waals surface area contributed by atoms with Crippen LogP contribution in [-0.2, 0) is 0 Å². The Morgan fingerprint density at radius 1 is 1.41 bits per heavy atom. The van der Waals surface area contributed by atoms with Crippen molar-refractivity contribution in [3.05, 3.63) is 32.2 Å². The molecule has 0 bridgehead atoms. The number of aromatic amines is 1. The number of rotatable bonds is 2. The van der Waals surface area contributed by atoms with Gasteiger partial charge in [0, 0.05) is 10.9 Å². The molecular formula is C12H15N3OS. The minimum absolute atomic E-state index is 0.0730. The van der Waals surface area contributed by atoms with Crippen LogP contribution in [0.3, 0.4) is 0 Å². The van der Waals surface area contributed by atoms with Gasteiger partial charge in [0.25, 0.3) is 5.56 Å². The van der Waals surface area contributed by atoms with E-state index in [0.717, 1.165) is 11.1 Å². The van der Waals surface area contributed by atoms with Crippen LogP contribution in [0, 0.1) is 6.92 Å². The van der Waals surface area contributed by atoms with Crippen LogP contribution in [0.5, 0.6) is 0 Å². The van der Waals surface area contributed by atoms with Crippen molar-refractivity contribution in [2.45, 2.75) is 26.7 Å². The standard InChI is InChI=1S/C12H15N3OS/c1-6(2)9-10(13)14-11(15-12(9)16)8-5-17-4-7(8)3/h4-6H,1-3H3,(H3,13,14,15,16). The lowest BCUT2D eigenvalue weighted by atomic mass is 10.1. The fraction of sp³-hybridized carbons (Fsp3) is 0.333. The van der Waals surface area contributed by atoms with E-state index < -0.39 is 0 Å². The fourth-order valence-electron chi connectivity index (χ4n) is 1.79. The van der Waals surface area contributed by atoms with E-state index in [4.69, 9.17) is 5.73 Å². The van der Waals surface area contributed by atoms with Gasteiger partial charge in [-0.25, -0.2) is 4.98 Å². The summed E-state index contributed by atoms with van der Waals surface area (Å²) in [5.74, 6) is 0.948. The summed E-state index contributed by atoms with van der Waals surface area (Å²) >= 11 is 1.58. The summed E-state index contributed by atoms with van der Waals surface area (Å²) < 4.78 is 0. The molecule has 17 heavy (non-hydrogen) atoms. The third kappa shape index (κ3) is 2.10. The van der Waals surface area contributed by atoms with Gasteiger partial charge in [-0.1, -0.05) is 13.8 Å². The average Bonchev–Trinajstić information content (AvgIpc) is 2.62. The smallest absolute Gasteiger partial charge is 0.256 e. The van der Waals surface area contributed by atoms with Gasteiger partial charge in [0.1, 0.15) is 11.6 Å². The van der Waals surface area contributed by atoms with Crippen LogP contribution in [-0.4, -0.2) is 9.97 Å². The quantitative estimate of drug-likeness (QED) is 0.859. The number of aromatic nitrogens is 2. The summed E-state index contributed by atoms with van der Waals surface area (Å²) in [6.45, 7) is 5.84.